The van der Waals surface area contributed by atoms with E-state index in [-0.39, 0.29) is 24.0 Å². The number of sulfonamides is 1. The van der Waals surface area contributed by atoms with Crippen molar-refractivity contribution < 1.29 is 22.7 Å². The number of nitrogens with zero attached hydrogens (tertiary/aromatic N) is 1. The zero-order valence-corrected chi connectivity index (χ0v) is 18.1. The van der Waals surface area contributed by atoms with Crippen LogP contribution in [0.2, 0.25) is 0 Å². The van der Waals surface area contributed by atoms with Crippen LogP contribution in [-0.4, -0.2) is 55.2 Å². The van der Waals surface area contributed by atoms with Crippen LogP contribution in [0.1, 0.15) is 62.2 Å². The van der Waals surface area contributed by atoms with Crippen molar-refractivity contribution >= 4 is 21.8 Å². The third-order valence-corrected chi connectivity index (χ3v) is 8.56. The molecule has 164 valence electrons. The van der Waals surface area contributed by atoms with E-state index in [4.69, 9.17) is 4.74 Å². The van der Waals surface area contributed by atoms with Gasteiger partial charge in [-0.1, -0.05) is 31.0 Å². The lowest BCUT2D eigenvalue weighted by molar-refractivity contribution is -0.123. The van der Waals surface area contributed by atoms with Gasteiger partial charge in [-0.15, -0.1) is 0 Å². The first-order chi connectivity index (χ1) is 14.4. The Morgan fingerprint density at radius 2 is 1.80 bits per heavy atom. The van der Waals surface area contributed by atoms with E-state index < -0.39 is 27.2 Å². The summed E-state index contributed by atoms with van der Waals surface area (Å²) in [6.45, 7) is 2.21. The monoisotopic (exact) mass is 434 g/mol. The van der Waals surface area contributed by atoms with Crippen LogP contribution >= 0.6 is 0 Å². The molecule has 7 nitrogen and oxygen atoms in total. The molecule has 2 amide bonds. The maximum absolute atomic E-state index is 13.3. The van der Waals surface area contributed by atoms with Gasteiger partial charge in [0.2, 0.25) is 10.0 Å². The summed E-state index contributed by atoms with van der Waals surface area (Å²) in [6.07, 6.45) is 5.04. The van der Waals surface area contributed by atoms with Crippen LogP contribution < -0.4 is 4.72 Å². The SMILES string of the molecule is CC1CC(S(=O)(=O)NC(=O)[C@@H]2C[C@@H]3CCCC[C@@H]3N2C(=O)c2ccccc2)CCO1. The average Bonchev–Trinajstić information content (AvgIpc) is 3.13. The molecule has 2 unspecified atom stereocenters. The predicted octanol–water partition coefficient (Wildman–Crippen LogP) is 2.47. The van der Waals surface area contributed by atoms with Crippen molar-refractivity contribution in [3.05, 3.63) is 35.9 Å². The van der Waals surface area contributed by atoms with Crippen molar-refractivity contribution in [2.24, 2.45) is 5.92 Å². The summed E-state index contributed by atoms with van der Waals surface area (Å²) in [4.78, 5) is 28.1. The Balaban J connectivity index is 1.55. The fraction of sp³-hybridized carbons (Fsp3) is 0.636. The first kappa shape index (κ1) is 21.3. The second-order valence-electron chi connectivity index (χ2n) is 8.78. The van der Waals surface area contributed by atoms with E-state index in [1.165, 1.54) is 0 Å². The maximum Gasteiger partial charge on any atom is 0.256 e. The number of benzene rings is 1. The lowest BCUT2D eigenvalue weighted by Gasteiger charge is -2.34. The standard InChI is InChI=1S/C22H30N2O5S/c1-15-13-18(11-12-29-15)30(27,28)23-21(25)20-14-17-9-5-6-10-19(17)24(20)22(26)16-7-3-2-4-8-16/h2-4,7-8,15,17-20H,5-6,9-14H2,1H3,(H,23,25)/t15?,17-,18?,19-,20-/m0/s1. The molecule has 0 radical (unpaired) electrons. The van der Waals surface area contributed by atoms with Gasteiger partial charge in [-0.3, -0.25) is 14.3 Å². The fourth-order valence-corrected chi connectivity index (χ4v) is 6.76. The zero-order valence-electron chi connectivity index (χ0n) is 17.3. The molecule has 5 atom stereocenters. The topological polar surface area (TPSA) is 92.8 Å². The molecule has 8 heteroatoms. The number of likely N-dealkylation sites (tertiary alicyclic amines) is 1. The molecule has 1 N–H and O–H groups in total. The van der Waals surface area contributed by atoms with Crippen molar-refractivity contribution in [3.63, 3.8) is 0 Å². The molecule has 0 aromatic heterocycles. The second kappa shape index (κ2) is 8.67. The number of carbonyl (C=O) groups excluding carboxylic acids is 2. The van der Waals surface area contributed by atoms with Crippen molar-refractivity contribution in [1.82, 2.24) is 9.62 Å². The molecule has 1 saturated carbocycles. The van der Waals surface area contributed by atoms with Gasteiger partial charge in [-0.25, -0.2) is 8.42 Å². The number of fused-ring (bicyclic) bond motifs is 1. The molecule has 2 heterocycles. The van der Waals surface area contributed by atoms with Crippen LogP contribution in [-0.2, 0) is 19.6 Å². The molecule has 4 rings (SSSR count). The summed E-state index contributed by atoms with van der Waals surface area (Å²) < 4.78 is 33.5. The highest BCUT2D eigenvalue weighted by Gasteiger charge is 2.48. The van der Waals surface area contributed by atoms with E-state index in [0.717, 1.165) is 25.7 Å². The Morgan fingerprint density at radius 3 is 2.53 bits per heavy atom. The minimum atomic E-state index is -3.82. The molecule has 3 aliphatic rings. The molecular weight excluding hydrogens is 404 g/mol. The van der Waals surface area contributed by atoms with Gasteiger partial charge >= 0.3 is 0 Å². The van der Waals surface area contributed by atoms with Crippen LogP contribution in [0.15, 0.2) is 30.3 Å². The molecular formula is C22H30N2O5S. The lowest BCUT2D eigenvalue weighted by Crippen LogP contribution is -2.52. The Hall–Kier alpha value is -1.93. The molecule has 2 saturated heterocycles. The number of hydrogen-bond acceptors (Lipinski definition) is 5. The fourth-order valence-electron chi connectivity index (χ4n) is 5.25. The zero-order chi connectivity index (χ0) is 21.3. The number of amides is 2. The summed E-state index contributed by atoms with van der Waals surface area (Å²) >= 11 is 0. The summed E-state index contributed by atoms with van der Waals surface area (Å²) in [6, 6.07) is 8.17. The van der Waals surface area contributed by atoms with Crippen LogP contribution in [0.4, 0.5) is 0 Å². The normalized spacial score (nSPS) is 31.8. The molecule has 3 fully saturated rings. The highest BCUT2D eigenvalue weighted by Crippen LogP contribution is 2.40. The Labute approximate surface area is 178 Å². The predicted molar refractivity (Wildman–Crippen MR) is 112 cm³/mol. The van der Waals surface area contributed by atoms with Gasteiger partial charge in [0.05, 0.1) is 11.4 Å². The third kappa shape index (κ3) is 4.25. The first-order valence-electron chi connectivity index (χ1n) is 10.9. The molecule has 0 spiro atoms. The van der Waals surface area contributed by atoms with E-state index in [1.807, 2.05) is 13.0 Å². The van der Waals surface area contributed by atoms with E-state index in [2.05, 4.69) is 4.72 Å². The van der Waals surface area contributed by atoms with Crippen molar-refractivity contribution in [3.8, 4) is 0 Å². The van der Waals surface area contributed by atoms with Gasteiger partial charge in [0, 0.05) is 18.2 Å². The van der Waals surface area contributed by atoms with E-state index in [0.29, 0.717) is 31.4 Å². The van der Waals surface area contributed by atoms with E-state index in [1.54, 1.807) is 29.2 Å². The van der Waals surface area contributed by atoms with Gasteiger partial charge in [-0.05, 0) is 57.1 Å². The number of carbonyl (C=O) groups is 2. The number of hydrogen-bond donors (Lipinski definition) is 1. The first-order valence-corrected chi connectivity index (χ1v) is 12.5. The highest BCUT2D eigenvalue weighted by atomic mass is 32.2. The van der Waals surface area contributed by atoms with Crippen LogP contribution in [0.25, 0.3) is 0 Å². The minimum absolute atomic E-state index is 0.00647. The maximum atomic E-state index is 13.3. The van der Waals surface area contributed by atoms with Crippen molar-refractivity contribution in [2.75, 3.05) is 6.61 Å². The molecule has 0 bridgehead atoms. The van der Waals surface area contributed by atoms with Crippen molar-refractivity contribution in [1.29, 1.82) is 0 Å². The lowest BCUT2D eigenvalue weighted by atomic mass is 9.84. The summed E-state index contributed by atoms with van der Waals surface area (Å²) in [5.74, 6) is -0.525. The van der Waals surface area contributed by atoms with Crippen molar-refractivity contribution in [2.45, 2.75) is 75.3 Å². The Bertz CT molecular complexity index is 888. The smallest absolute Gasteiger partial charge is 0.256 e. The van der Waals surface area contributed by atoms with Crippen LogP contribution in [0.3, 0.4) is 0 Å². The summed E-state index contributed by atoms with van der Waals surface area (Å²) in [5.41, 5.74) is 0.530. The molecule has 1 aromatic carbocycles. The summed E-state index contributed by atoms with van der Waals surface area (Å²) in [7, 11) is -3.82. The van der Waals surface area contributed by atoms with Gasteiger partial charge < -0.3 is 9.64 Å². The highest BCUT2D eigenvalue weighted by molar-refractivity contribution is 7.90. The Morgan fingerprint density at radius 1 is 1.07 bits per heavy atom. The molecule has 1 aromatic rings. The number of ether oxygens (including phenoxy) is 1. The number of nitrogens with one attached hydrogen (secondary N) is 1. The molecule has 1 aliphatic carbocycles. The van der Waals surface area contributed by atoms with Crippen LogP contribution in [0, 0.1) is 5.92 Å². The largest absolute Gasteiger partial charge is 0.378 e. The van der Waals surface area contributed by atoms with Gasteiger partial charge in [0.15, 0.2) is 0 Å². The van der Waals surface area contributed by atoms with Gasteiger partial charge in [-0.2, -0.15) is 0 Å². The number of rotatable bonds is 4. The minimum Gasteiger partial charge on any atom is -0.378 e. The Kier molecular flexibility index (Phi) is 6.16. The van der Waals surface area contributed by atoms with Gasteiger partial charge in [0.25, 0.3) is 11.8 Å². The summed E-state index contributed by atoms with van der Waals surface area (Å²) in [5, 5.41) is -0.646. The molecule has 2 aliphatic heterocycles. The average molecular weight is 435 g/mol. The quantitative estimate of drug-likeness (QED) is 0.786. The van der Waals surface area contributed by atoms with E-state index in [9.17, 15) is 18.0 Å². The second-order valence-corrected chi connectivity index (χ2v) is 10.7. The van der Waals surface area contributed by atoms with Crippen LogP contribution in [0.5, 0.6) is 0 Å². The third-order valence-electron chi connectivity index (χ3n) is 6.76. The van der Waals surface area contributed by atoms with Gasteiger partial charge in [0.1, 0.15) is 6.04 Å². The molecule has 30 heavy (non-hydrogen) atoms. The van der Waals surface area contributed by atoms with E-state index >= 15 is 0 Å².